The van der Waals surface area contributed by atoms with Crippen molar-refractivity contribution in [2.75, 3.05) is 19.9 Å². The van der Waals surface area contributed by atoms with Gasteiger partial charge in [-0.1, -0.05) is 6.07 Å². The number of aromatic nitrogens is 1. The van der Waals surface area contributed by atoms with E-state index in [0.29, 0.717) is 23.6 Å². The van der Waals surface area contributed by atoms with Crippen molar-refractivity contribution < 1.29 is 24.2 Å². The molecule has 1 aromatic heterocycles. The molecule has 1 N–H and O–H groups in total. The van der Waals surface area contributed by atoms with Gasteiger partial charge in [0.05, 0.1) is 11.5 Å². The van der Waals surface area contributed by atoms with Crippen LogP contribution < -0.4 is 9.47 Å². The lowest BCUT2D eigenvalue weighted by molar-refractivity contribution is -0.141. The number of carboxylic acid groups (broad SMARTS) is 1. The van der Waals surface area contributed by atoms with Crippen LogP contribution in [-0.4, -0.2) is 46.7 Å². The number of carboxylic acids is 1. The van der Waals surface area contributed by atoms with Crippen LogP contribution in [0.5, 0.6) is 11.5 Å². The minimum atomic E-state index is -0.911. The maximum Gasteiger partial charge on any atom is 0.308 e. The van der Waals surface area contributed by atoms with E-state index in [2.05, 4.69) is 4.98 Å². The highest BCUT2D eigenvalue weighted by atomic mass is 16.7. The second-order valence-electron chi connectivity index (χ2n) is 7.00. The summed E-state index contributed by atoms with van der Waals surface area (Å²) in [6.45, 7) is 4.45. The fraction of sp³-hybridized carbons (Fsp3) is 0.350. The second-order valence-corrected chi connectivity index (χ2v) is 7.00. The summed E-state index contributed by atoms with van der Waals surface area (Å²) in [5.74, 6) is -0.821. The topological polar surface area (TPSA) is 89.0 Å². The molecule has 1 aromatic carbocycles. The van der Waals surface area contributed by atoms with Gasteiger partial charge in [-0.05, 0) is 43.2 Å². The lowest BCUT2D eigenvalue weighted by Gasteiger charge is -2.17. The predicted octanol–water partition coefficient (Wildman–Crippen LogP) is 2.37. The molecular formula is C20H20N2O5. The van der Waals surface area contributed by atoms with E-state index >= 15 is 0 Å². The van der Waals surface area contributed by atoms with Gasteiger partial charge in [-0.25, -0.2) is 0 Å². The number of fused-ring (bicyclic) bond motifs is 1. The van der Waals surface area contributed by atoms with Crippen LogP contribution in [0.25, 0.3) is 0 Å². The molecular weight excluding hydrogens is 348 g/mol. The van der Waals surface area contributed by atoms with Gasteiger partial charge in [0.15, 0.2) is 11.5 Å². The number of hydrogen-bond donors (Lipinski definition) is 1. The molecule has 0 spiro atoms. The Hall–Kier alpha value is -3.09. The number of hydrogen-bond acceptors (Lipinski definition) is 5. The van der Waals surface area contributed by atoms with Crippen LogP contribution in [0.15, 0.2) is 30.5 Å². The van der Waals surface area contributed by atoms with Crippen LogP contribution in [-0.2, 0) is 4.79 Å². The molecule has 4 rings (SSSR count). The molecule has 2 aliphatic heterocycles. The Bertz CT molecular complexity index is 927. The van der Waals surface area contributed by atoms with Crippen molar-refractivity contribution in [3.8, 4) is 11.5 Å². The molecule has 27 heavy (non-hydrogen) atoms. The number of carbonyl (C=O) groups is 2. The Kier molecular flexibility index (Phi) is 4.22. The summed E-state index contributed by atoms with van der Waals surface area (Å²) in [6.07, 6.45) is 1.55. The van der Waals surface area contributed by atoms with Crippen molar-refractivity contribution in [1.29, 1.82) is 0 Å². The zero-order chi connectivity index (χ0) is 19.1. The number of ether oxygens (including phenoxy) is 2. The van der Waals surface area contributed by atoms with E-state index in [0.717, 1.165) is 16.8 Å². The number of rotatable bonds is 3. The zero-order valence-electron chi connectivity index (χ0n) is 15.1. The van der Waals surface area contributed by atoms with Crippen LogP contribution >= 0.6 is 0 Å². The number of likely N-dealkylation sites (tertiary alicyclic amines) is 1. The first-order valence-corrected chi connectivity index (χ1v) is 8.79. The molecule has 0 saturated carbocycles. The molecule has 140 valence electrons. The summed E-state index contributed by atoms with van der Waals surface area (Å²) in [5, 5.41) is 9.68. The van der Waals surface area contributed by atoms with Gasteiger partial charge in [-0.2, -0.15) is 0 Å². The van der Waals surface area contributed by atoms with Gasteiger partial charge in [-0.15, -0.1) is 0 Å². The molecule has 1 saturated heterocycles. The molecule has 0 radical (unpaired) electrons. The number of nitrogens with zero attached hydrogens (tertiary/aromatic N) is 2. The number of carbonyl (C=O) groups excluding carboxylic acids is 1. The molecule has 1 amide bonds. The van der Waals surface area contributed by atoms with E-state index in [4.69, 9.17) is 9.47 Å². The van der Waals surface area contributed by atoms with Crippen molar-refractivity contribution >= 4 is 11.9 Å². The van der Waals surface area contributed by atoms with Crippen molar-refractivity contribution in [2.24, 2.45) is 5.92 Å². The molecule has 2 aliphatic rings. The lowest BCUT2D eigenvalue weighted by atomic mass is 9.89. The number of aliphatic carboxylic acids is 1. The van der Waals surface area contributed by atoms with E-state index in [1.807, 2.05) is 26.0 Å². The minimum absolute atomic E-state index is 0.163. The Morgan fingerprint density at radius 1 is 1.15 bits per heavy atom. The molecule has 2 aromatic rings. The van der Waals surface area contributed by atoms with Gasteiger partial charge in [0.25, 0.3) is 5.91 Å². The smallest absolute Gasteiger partial charge is 0.308 e. The third-order valence-corrected chi connectivity index (χ3v) is 5.34. The Balaban J connectivity index is 1.61. The molecule has 7 nitrogen and oxygen atoms in total. The Morgan fingerprint density at radius 2 is 1.93 bits per heavy atom. The fourth-order valence-corrected chi connectivity index (χ4v) is 3.64. The fourth-order valence-electron chi connectivity index (χ4n) is 3.64. The standard InChI is InChI=1S/C20H20N2O5/c1-11-5-14(7-21-12(11)2)19(23)22-8-15(16(9-22)20(24)25)13-3-4-17-18(6-13)27-10-26-17/h3-7,15-16H,8-10H2,1-2H3,(H,24,25). The van der Waals surface area contributed by atoms with Crippen molar-refractivity contribution in [3.05, 3.63) is 52.8 Å². The maximum absolute atomic E-state index is 12.9. The molecule has 1 fully saturated rings. The summed E-state index contributed by atoms with van der Waals surface area (Å²) in [4.78, 5) is 30.6. The molecule has 2 unspecified atom stereocenters. The van der Waals surface area contributed by atoms with Crippen molar-refractivity contribution in [2.45, 2.75) is 19.8 Å². The monoisotopic (exact) mass is 368 g/mol. The van der Waals surface area contributed by atoms with Gasteiger partial charge in [0.2, 0.25) is 6.79 Å². The molecule has 0 bridgehead atoms. The number of pyridine rings is 1. The first-order chi connectivity index (χ1) is 12.9. The van der Waals surface area contributed by atoms with E-state index in [9.17, 15) is 14.7 Å². The minimum Gasteiger partial charge on any atom is -0.481 e. The highest BCUT2D eigenvalue weighted by Crippen LogP contribution is 2.39. The van der Waals surface area contributed by atoms with Crippen LogP contribution in [0.4, 0.5) is 0 Å². The summed E-state index contributed by atoms with van der Waals surface area (Å²) >= 11 is 0. The normalized spacial score (nSPS) is 20.7. The highest BCUT2D eigenvalue weighted by molar-refractivity contribution is 5.95. The van der Waals surface area contributed by atoms with Gasteiger partial charge < -0.3 is 19.5 Å². The van der Waals surface area contributed by atoms with Crippen LogP contribution in [0.1, 0.15) is 33.1 Å². The SMILES string of the molecule is Cc1cc(C(=O)N2CC(C(=O)O)C(c3ccc4c(c3)OCO4)C2)cnc1C. The molecule has 0 aliphatic carbocycles. The average Bonchev–Trinajstić information content (AvgIpc) is 3.29. The third-order valence-electron chi connectivity index (χ3n) is 5.34. The van der Waals surface area contributed by atoms with E-state index in [1.165, 1.54) is 0 Å². The van der Waals surface area contributed by atoms with Gasteiger partial charge in [-0.3, -0.25) is 14.6 Å². The van der Waals surface area contributed by atoms with E-state index in [-0.39, 0.29) is 25.2 Å². The van der Waals surface area contributed by atoms with Crippen molar-refractivity contribution in [1.82, 2.24) is 9.88 Å². The van der Waals surface area contributed by atoms with Gasteiger partial charge >= 0.3 is 5.97 Å². The summed E-state index contributed by atoms with van der Waals surface area (Å²) in [5.41, 5.74) is 3.12. The van der Waals surface area contributed by atoms with Crippen molar-refractivity contribution in [3.63, 3.8) is 0 Å². The summed E-state index contributed by atoms with van der Waals surface area (Å²) in [6, 6.07) is 7.25. The van der Waals surface area contributed by atoms with Gasteiger partial charge in [0.1, 0.15) is 0 Å². The third kappa shape index (κ3) is 3.09. The summed E-state index contributed by atoms with van der Waals surface area (Å²) in [7, 11) is 0. The predicted molar refractivity (Wildman–Crippen MR) is 96.0 cm³/mol. The maximum atomic E-state index is 12.9. The highest BCUT2D eigenvalue weighted by Gasteiger charge is 2.41. The first-order valence-electron chi connectivity index (χ1n) is 8.79. The number of aryl methyl sites for hydroxylation is 2. The molecule has 3 heterocycles. The van der Waals surface area contributed by atoms with Crippen LogP contribution in [0.2, 0.25) is 0 Å². The first kappa shape index (κ1) is 17.3. The zero-order valence-corrected chi connectivity index (χ0v) is 15.1. The lowest BCUT2D eigenvalue weighted by Crippen LogP contribution is -2.30. The average molecular weight is 368 g/mol. The largest absolute Gasteiger partial charge is 0.481 e. The molecule has 7 heteroatoms. The Labute approximate surface area is 156 Å². The second kappa shape index (κ2) is 6.57. The number of benzene rings is 1. The summed E-state index contributed by atoms with van der Waals surface area (Å²) < 4.78 is 10.7. The van der Waals surface area contributed by atoms with Gasteiger partial charge in [0, 0.05) is 30.9 Å². The van der Waals surface area contributed by atoms with E-state index in [1.54, 1.807) is 23.2 Å². The quantitative estimate of drug-likeness (QED) is 0.895. The van der Waals surface area contributed by atoms with Crippen LogP contribution in [0, 0.1) is 19.8 Å². The Morgan fingerprint density at radius 3 is 2.67 bits per heavy atom. The molecule has 2 atom stereocenters. The van der Waals surface area contributed by atoms with E-state index < -0.39 is 11.9 Å². The number of amides is 1. The van der Waals surface area contributed by atoms with Crippen LogP contribution in [0.3, 0.4) is 0 Å².